The van der Waals surface area contributed by atoms with Gasteiger partial charge in [-0.05, 0) is 37.1 Å². The van der Waals surface area contributed by atoms with Crippen LogP contribution in [0.15, 0.2) is 24.3 Å². The lowest BCUT2D eigenvalue weighted by molar-refractivity contribution is -0.145. The number of hydrogen-bond acceptors (Lipinski definition) is 2. The molecule has 0 unspecified atom stereocenters. The topological polar surface area (TPSA) is 66.4 Å². The van der Waals surface area contributed by atoms with Crippen LogP contribution in [0.4, 0.5) is 10.1 Å². The van der Waals surface area contributed by atoms with Crippen LogP contribution in [0.1, 0.15) is 12.8 Å². The molecule has 1 aliphatic rings. The number of carbonyl (C=O) groups excluding carboxylic acids is 1. The van der Waals surface area contributed by atoms with E-state index in [0.29, 0.717) is 10.7 Å². The average Bonchev–Trinajstić information content (AvgIpc) is 2.74. The minimum atomic E-state index is -1.23. The van der Waals surface area contributed by atoms with E-state index in [2.05, 4.69) is 5.32 Å². The fraction of sp³-hybridized carbons (Fsp3) is 0.385. The first-order chi connectivity index (χ1) is 8.97. The molecule has 2 rings (SSSR count). The minimum Gasteiger partial charge on any atom is -0.481 e. The summed E-state index contributed by atoms with van der Waals surface area (Å²) in [5, 5.41) is 12.1. The molecule has 3 atom stereocenters. The van der Waals surface area contributed by atoms with Gasteiger partial charge in [-0.25, -0.2) is 4.39 Å². The van der Waals surface area contributed by atoms with Gasteiger partial charge in [0.05, 0.1) is 11.8 Å². The Labute approximate surface area is 114 Å². The van der Waals surface area contributed by atoms with Crippen molar-refractivity contribution < 1.29 is 19.1 Å². The average molecular weight is 286 g/mol. The number of amides is 1. The van der Waals surface area contributed by atoms with E-state index in [0.717, 1.165) is 0 Å². The fourth-order valence-corrected chi connectivity index (χ4v) is 2.43. The number of anilines is 1. The lowest BCUT2D eigenvalue weighted by Crippen LogP contribution is -2.29. The van der Waals surface area contributed by atoms with Crippen molar-refractivity contribution >= 4 is 29.2 Å². The van der Waals surface area contributed by atoms with Crippen LogP contribution in [-0.2, 0) is 9.59 Å². The Hall–Kier alpha value is -1.62. The SMILES string of the molecule is O=C(O)[C@H]1C[C@@H](F)C[C@@H]1C(=O)Nc1ccc(Cl)cc1. The van der Waals surface area contributed by atoms with E-state index < -0.39 is 29.9 Å². The Kier molecular flexibility index (Phi) is 4.04. The van der Waals surface area contributed by atoms with Crippen molar-refractivity contribution in [3.05, 3.63) is 29.3 Å². The molecule has 0 radical (unpaired) electrons. The predicted molar refractivity (Wildman–Crippen MR) is 68.8 cm³/mol. The zero-order chi connectivity index (χ0) is 14.0. The quantitative estimate of drug-likeness (QED) is 0.897. The van der Waals surface area contributed by atoms with E-state index in [1.807, 2.05) is 0 Å². The van der Waals surface area contributed by atoms with Crippen molar-refractivity contribution in [2.45, 2.75) is 19.0 Å². The summed E-state index contributed by atoms with van der Waals surface area (Å²) in [6.07, 6.45) is -1.38. The molecule has 0 spiro atoms. The van der Waals surface area contributed by atoms with E-state index >= 15 is 0 Å². The molecule has 1 aliphatic carbocycles. The monoisotopic (exact) mass is 285 g/mol. The van der Waals surface area contributed by atoms with Gasteiger partial charge in [-0.1, -0.05) is 11.6 Å². The molecule has 6 heteroatoms. The zero-order valence-corrected chi connectivity index (χ0v) is 10.7. The van der Waals surface area contributed by atoms with Gasteiger partial charge in [0.15, 0.2) is 0 Å². The van der Waals surface area contributed by atoms with Gasteiger partial charge in [0.2, 0.25) is 5.91 Å². The van der Waals surface area contributed by atoms with Gasteiger partial charge in [-0.3, -0.25) is 9.59 Å². The summed E-state index contributed by atoms with van der Waals surface area (Å²) in [6.45, 7) is 0. The van der Waals surface area contributed by atoms with E-state index in [4.69, 9.17) is 16.7 Å². The molecule has 0 aliphatic heterocycles. The molecule has 19 heavy (non-hydrogen) atoms. The van der Waals surface area contributed by atoms with Gasteiger partial charge in [0.1, 0.15) is 6.17 Å². The Morgan fingerprint density at radius 2 is 1.79 bits per heavy atom. The van der Waals surface area contributed by atoms with Crippen molar-refractivity contribution in [1.82, 2.24) is 0 Å². The Morgan fingerprint density at radius 1 is 1.21 bits per heavy atom. The highest BCUT2D eigenvalue weighted by molar-refractivity contribution is 6.30. The maximum atomic E-state index is 13.3. The molecule has 0 bridgehead atoms. The smallest absolute Gasteiger partial charge is 0.307 e. The first-order valence-corrected chi connectivity index (χ1v) is 6.28. The summed E-state index contributed by atoms with van der Waals surface area (Å²) in [5.41, 5.74) is 0.515. The molecule has 0 saturated heterocycles. The molecule has 1 fully saturated rings. The van der Waals surface area contributed by atoms with Crippen LogP contribution in [0.5, 0.6) is 0 Å². The molecule has 102 valence electrons. The number of nitrogens with one attached hydrogen (secondary N) is 1. The third-order valence-electron chi connectivity index (χ3n) is 3.27. The van der Waals surface area contributed by atoms with Crippen LogP contribution in [0, 0.1) is 11.8 Å². The number of halogens is 2. The summed E-state index contributed by atoms with van der Waals surface area (Å²) in [4.78, 5) is 23.0. The Morgan fingerprint density at radius 3 is 2.37 bits per heavy atom. The summed E-state index contributed by atoms with van der Waals surface area (Å²) >= 11 is 5.72. The van der Waals surface area contributed by atoms with Crippen LogP contribution in [0.2, 0.25) is 5.02 Å². The summed E-state index contributed by atoms with van der Waals surface area (Å²) < 4.78 is 13.3. The second-order valence-electron chi connectivity index (χ2n) is 4.62. The van der Waals surface area contributed by atoms with Gasteiger partial charge in [0, 0.05) is 10.7 Å². The second kappa shape index (κ2) is 5.57. The highest BCUT2D eigenvalue weighted by atomic mass is 35.5. The molecule has 1 aromatic carbocycles. The summed E-state index contributed by atoms with van der Waals surface area (Å²) in [7, 11) is 0. The number of aliphatic carboxylic acids is 1. The molecule has 0 heterocycles. The normalized spacial score (nSPS) is 26.1. The maximum Gasteiger partial charge on any atom is 0.307 e. The number of carboxylic acid groups (broad SMARTS) is 1. The van der Waals surface area contributed by atoms with E-state index in [1.54, 1.807) is 24.3 Å². The van der Waals surface area contributed by atoms with Crippen LogP contribution >= 0.6 is 11.6 Å². The largest absolute Gasteiger partial charge is 0.481 e. The lowest BCUT2D eigenvalue weighted by Gasteiger charge is -2.15. The first-order valence-electron chi connectivity index (χ1n) is 5.90. The van der Waals surface area contributed by atoms with E-state index in [9.17, 15) is 14.0 Å². The van der Waals surface area contributed by atoms with Crippen LogP contribution in [0.3, 0.4) is 0 Å². The highest BCUT2D eigenvalue weighted by Crippen LogP contribution is 2.35. The molecule has 4 nitrogen and oxygen atoms in total. The van der Waals surface area contributed by atoms with Crippen molar-refractivity contribution in [1.29, 1.82) is 0 Å². The van der Waals surface area contributed by atoms with Crippen LogP contribution in [-0.4, -0.2) is 23.2 Å². The van der Waals surface area contributed by atoms with Gasteiger partial charge in [-0.2, -0.15) is 0 Å². The van der Waals surface area contributed by atoms with Crippen molar-refractivity contribution in [2.75, 3.05) is 5.32 Å². The number of hydrogen-bond donors (Lipinski definition) is 2. The standard InChI is InChI=1S/C13H13ClFNO3/c14-7-1-3-9(4-2-7)16-12(17)10-5-8(15)6-11(10)13(18)19/h1-4,8,10-11H,5-6H2,(H,16,17)(H,18,19)/t8-,10-,11-/m0/s1. The summed E-state index contributed by atoms with van der Waals surface area (Å²) in [6, 6.07) is 6.44. The number of carboxylic acids is 1. The summed E-state index contributed by atoms with van der Waals surface area (Å²) in [5.74, 6) is -3.38. The van der Waals surface area contributed by atoms with E-state index in [1.165, 1.54) is 0 Å². The third kappa shape index (κ3) is 3.23. The number of rotatable bonds is 3. The Bertz CT molecular complexity index is 491. The molecule has 1 saturated carbocycles. The zero-order valence-electron chi connectivity index (χ0n) is 9.98. The van der Waals surface area contributed by atoms with Crippen LogP contribution < -0.4 is 5.32 Å². The molecule has 1 aromatic rings. The Balaban J connectivity index is 2.06. The number of benzene rings is 1. The molecule has 0 aromatic heterocycles. The number of carbonyl (C=O) groups is 2. The minimum absolute atomic E-state index is 0.0452. The van der Waals surface area contributed by atoms with Gasteiger partial charge in [0.25, 0.3) is 0 Å². The van der Waals surface area contributed by atoms with E-state index in [-0.39, 0.29) is 12.8 Å². The molecular weight excluding hydrogens is 273 g/mol. The fourth-order valence-electron chi connectivity index (χ4n) is 2.31. The second-order valence-corrected chi connectivity index (χ2v) is 5.05. The third-order valence-corrected chi connectivity index (χ3v) is 3.52. The van der Waals surface area contributed by atoms with Crippen molar-refractivity contribution in [3.63, 3.8) is 0 Å². The van der Waals surface area contributed by atoms with Crippen molar-refractivity contribution in [2.24, 2.45) is 11.8 Å². The lowest BCUT2D eigenvalue weighted by atomic mass is 9.95. The van der Waals surface area contributed by atoms with Crippen LogP contribution in [0.25, 0.3) is 0 Å². The highest BCUT2D eigenvalue weighted by Gasteiger charge is 2.43. The molecule has 2 N–H and O–H groups in total. The van der Waals surface area contributed by atoms with Gasteiger partial charge >= 0.3 is 5.97 Å². The van der Waals surface area contributed by atoms with Crippen molar-refractivity contribution in [3.8, 4) is 0 Å². The number of alkyl halides is 1. The molecular formula is C13H13ClFNO3. The molecule has 1 amide bonds. The first kappa shape index (κ1) is 13.8. The van der Waals surface area contributed by atoms with Gasteiger partial charge in [-0.15, -0.1) is 0 Å². The maximum absolute atomic E-state index is 13.3. The predicted octanol–water partition coefficient (Wildman–Crippen LogP) is 2.73. The van der Waals surface area contributed by atoms with Gasteiger partial charge < -0.3 is 10.4 Å².